The van der Waals surface area contributed by atoms with E-state index in [1.807, 2.05) is 33.8 Å². The number of nitro groups is 1. The molecule has 2 rings (SSSR count). The van der Waals surface area contributed by atoms with E-state index in [1.165, 1.54) is 0 Å². The fourth-order valence-electron chi connectivity index (χ4n) is 2.21. The summed E-state index contributed by atoms with van der Waals surface area (Å²) in [6.07, 6.45) is 4.23. The average molecular weight is 351 g/mol. The van der Waals surface area contributed by atoms with Gasteiger partial charge in [-0.15, -0.1) is 0 Å². The van der Waals surface area contributed by atoms with E-state index < -0.39 is 6.17 Å². The molecule has 25 heavy (non-hydrogen) atoms. The first-order chi connectivity index (χ1) is 12.1. The Morgan fingerprint density at radius 2 is 1.80 bits per heavy atom. The molecule has 0 aromatic heterocycles. The van der Waals surface area contributed by atoms with Gasteiger partial charge >= 0.3 is 0 Å². The van der Waals surface area contributed by atoms with Crippen LogP contribution in [0.4, 0.5) is 4.39 Å². The van der Waals surface area contributed by atoms with Crippen molar-refractivity contribution in [2.45, 2.75) is 60.1 Å². The van der Waals surface area contributed by atoms with E-state index in [0.29, 0.717) is 36.1 Å². The summed E-state index contributed by atoms with van der Waals surface area (Å²) in [4.78, 5) is 10.6. The molecular formula is C20H30FNO3. The van der Waals surface area contributed by atoms with Crippen LogP contribution in [0.25, 0.3) is 0 Å². The Morgan fingerprint density at radius 1 is 1.20 bits per heavy atom. The number of hydrogen-bond donors (Lipinski definition) is 0. The van der Waals surface area contributed by atoms with Crippen molar-refractivity contribution in [2.24, 2.45) is 0 Å². The fraction of sp³-hybridized carbons (Fsp3) is 0.500. The summed E-state index contributed by atoms with van der Waals surface area (Å²) in [5.74, 6) is 0.580. The summed E-state index contributed by atoms with van der Waals surface area (Å²) in [5, 5.41) is 10.9. The van der Waals surface area contributed by atoms with Crippen molar-refractivity contribution >= 4 is 0 Å². The van der Waals surface area contributed by atoms with Gasteiger partial charge in [0.2, 0.25) is 0 Å². The number of allylic oxidation sites excluding steroid dienone is 2. The number of nitrogens with zero attached hydrogens (tertiary/aromatic N) is 1. The van der Waals surface area contributed by atoms with Crippen LogP contribution in [0.15, 0.2) is 47.7 Å². The van der Waals surface area contributed by atoms with E-state index in [-0.39, 0.29) is 17.2 Å². The van der Waals surface area contributed by atoms with Crippen LogP contribution >= 0.6 is 0 Å². The van der Waals surface area contributed by atoms with Gasteiger partial charge < -0.3 is 4.74 Å². The largest absolute Gasteiger partial charge is 0.489 e. The average Bonchev–Trinajstić information content (AvgIpc) is 2.69. The van der Waals surface area contributed by atoms with Gasteiger partial charge in [-0.05, 0) is 30.5 Å². The number of hydrogen-bond acceptors (Lipinski definition) is 3. The highest BCUT2D eigenvalue weighted by Gasteiger charge is 2.19. The lowest BCUT2D eigenvalue weighted by molar-refractivity contribution is -0.429. The molecule has 140 valence electrons. The second kappa shape index (κ2) is 13.2. The number of rotatable bonds is 6. The number of benzene rings is 1. The summed E-state index contributed by atoms with van der Waals surface area (Å²) in [7, 11) is 0. The molecule has 1 aliphatic rings. The molecule has 1 aromatic carbocycles. The zero-order valence-corrected chi connectivity index (χ0v) is 15.9. The molecule has 1 atom stereocenters. The van der Waals surface area contributed by atoms with E-state index in [0.717, 1.165) is 0 Å². The highest BCUT2D eigenvalue weighted by atomic mass is 19.1. The highest BCUT2D eigenvalue weighted by Crippen LogP contribution is 2.24. The third-order valence-electron chi connectivity index (χ3n) is 3.45. The minimum Gasteiger partial charge on any atom is -0.489 e. The minimum atomic E-state index is -0.968. The molecule has 0 aliphatic heterocycles. The molecule has 0 spiro atoms. The van der Waals surface area contributed by atoms with Crippen LogP contribution in [-0.4, -0.2) is 11.5 Å². The van der Waals surface area contributed by atoms with Gasteiger partial charge in [0.1, 0.15) is 18.5 Å². The minimum absolute atomic E-state index is 0.152. The fourth-order valence-corrected chi connectivity index (χ4v) is 2.21. The Bertz CT molecular complexity index is 565. The van der Waals surface area contributed by atoms with E-state index >= 15 is 0 Å². The Hall–Kier alpha value is -2.17. The molecule has 1 unspecified atom stereocenters. The van der Waals surface area contributed by atoms with E-state index in [2.05, 4.69) is 0 Å². The van der Waals surface area contributed by atoms with Crippen molar-refractivity contribution in [2.75, 3.05) is 6.61 Å². The molecule has 4 nitrogen and oxygen atoms in total. The van der Waals surface area contributed by atoms with E-state index in [1.54, 1.807) is 37.3 Å². The van der Waals surface area contributed by atoms with Gasteiger partial charge in [0.05, 0.1) is 10.5 Å². The van der Waals surface area contributed by atoms with Gasteiger partial charge in [-0.25, -0.2) is 4.39 Å². The van der Waals surface area contributed by atoms with Crippen molar-refractivity contribution < 1.29 is 14.1 Å². The van der Waals surface area contributed by atoms with Gasteiger partial charge in [0.25, 0.3) is 5.70 Å². The predicted molar refractivity (Wildman–Crippen MR) is 101 cm³/mol. The summed E-state index contributed by atoms with van der Waals surface area (Å²) >= 11 is 0. The van der Waals surface area contributed by atoms with E-state index in [9.17, 15) is 14.5 Å². The van der Waals surface area contributed by atoms with Crippen molar-refractivity contribution in [1.29, 1.82) is 0 Å². The van der Waals surface area contributed by atoms with Crippen LogP contribution < -0.4 is 4.74 Å². The van der Waals surface area contributed by atoms with Crippen molar-refractivity contribution in [3.63, 3.8) is 0 Å². The number of halogens is 1. The molecule has 0 fully saturated rings. The molecule has 0 bridgehead atoms. The number of alkyl halides is 1. The smallest absolute Gasteiger partial charge is 0.253 e. The first-order valence-corrected chi connectivity index (χ1v) is 9.01. The third kappa shape index (κ3) is 7.50. The third-order valence-corrected chi connectivity index (χ3v) is 3.45. The summed E-state index contributed by atoms with van der Waals surface area (Å²) in [6.45, 7) is 9.94. The van der Waals surface area contributed by atoms with Crippen LogP contribution in [0, 0.1) is 10.1 Å². The van der Waals surface area contributed by atoms with Crippen LogP contribution in [0.1, 0.15) is 65.6 Å². The van der Waals surface area contributed by atoms with Crippen LogP contribution in [0.5, 0.6) is 5.75 Å². The van der Waals surface area contributed by atoms with Crippen molar-refractivity contribution in [3.8, 4) is 5.75 Å². The molecule has 0 saturated carbocycles. The SMILES string of the molecule is CC.CC.CCC(F)c1ccc(OCC2=C([N+](=O)[O-])CCC=C2)cc1. The topological polar surface area (TPSA) is 52.4 Å². The second-order valence-electron chi connectivity index (χ2n) is 4.90. The first kappa shape index (κ1) is 22.8. The molecule has 0 amide bonds. The first-order valence-electron chi connectivity index (χ1n) is 9.01. The second-order valence-corrected chi connectivity index (χ2v) is 4.90. The molecule has 0 heterocycles. The molecule has 5 heteroatoms. The Kier molecular flexibility index (Phi) is 12.0. The Balaban J connectivity index is 0.00000134. The molecule has 0 radical (unpaired) electrons. The zero-order chi connectivity index (χ0) is 19.2. The highest BCUT2D eigenvalue weighted by molar-refractivity contribution is 5.31. The maximum absolute atomic E-state index is 13.5. The van der Waals surface area contributed by atoms with Crippen molar-refractivity contribution in [1.82, 2.24) is 0 Å². The lowest BCUT2D eigenvalue weighted by Gasteiger charge is -2.12. The standard InChI is InChI=1S/C16H18FNO3.2C2H6/c1-2-15(17)12-7-9-14(10-8-12)21-11-13-5-3-4-6-16(13)18(19)20;2*1-2/h3,5,7-10,15H,2,4,6,11H2,1H3;2*1-2H3. The monoisotopic (exact) mass is 351 g/mol. The van der Waals surface area contributed by atoms with E-state index in [4.69, 9.17) is 4.74 Å². The van der Waals surface area contributed by atoms with Gasteiger partial charge in [-0.3, -0.25) is 10.1 Å². The summed E-state index contributed by atoms with van der Waals surface area (Å²) in [5.41, 5.74) is 1.42. The maximum Gasteiger partial charge on any atom is 0.253 e. The van der Waals surface area contributed by atoms with Gasteiger partial charge in [-0.1, -0.05) is 58.9 Å². The zero-order valence-electron chi connectivity index (χ0n) is 15.9. The molecule has 1 aromatic rings. The maximum atomic E-state index is 13.5. The lowest BCUT2D eigenvalue weighted by atomic mass is 10.0. The van der Waals surface area contributed by atoms with Crippen molar-refractivity contribution in [3.05, 3.63) is 63.4 Å². The Labute approximate surface area is 150 Å². The quantitative estimate of drug-likeness (QED) is 0.439. The Morgan fingerprint density at radius 3 is 2.32 bits per heavy atom. The van der Waals surface area contributed by atoms with Crippen LogP contribution in [0.2, 0.25) is 0 Å². The summed E-state index contributed by atoms with van der Waals surface area (Å²) in [6, 6.07) is 6.75. The molecular weight excluding hydrogens is 321 g/mol. The van der Waals surface area contributed by atoms with Crippen LogP contribution in [-0.2, 0) is 0 Å². The molecule has 0 N–H and O–H groups in total. The van der Waals surface area contributed by atoms with Gasteiger partial charge in [0, 0.05) is 6.42 Å². The van der Waals surface area contributed by atoms with Crippen LogP contribution in [0.3, 0.4) is 0 Å². The summed E-state index contributed by atoms with van der Waals surface area (Å²) < 4.78 is 19.0. The lowest BCUT2D eigenvalue weighted by Crippen LogP contribution is -2.10. The molecule has 1 aliphatic carbocycles. The van der Waals surface area contributed by atoms with Gasteiger partial charge in [0.15, 0.2) is 0 Å². The number of ether oxygens (including phenoxy) is 1. The predicted octanol–water partition coefficient (Wildman–Crippen LogP) is 6.42. The van der Waals surface area contributed by atoms with Gasteiger partial charge in [-0.2, -0.15) is 0 Å². The molecule has 0 saturated heterocycles. The normalized spacial score (nSPS) is 13.8.